The van der Waals surface area contributed by atoms with Gasteiger partial charge in [0.15, 0.2) is 5.16 Å². The van der Waals surface area contributed by atoms with Crippen LogP contribution in [0.15, 0.2) is 9.95 Å². The Morgan fingerprint density at radius 3 is 2.95 bits per heavy atom. The SMILES string of the molecule is COC(=O)C1(N)CCC(Sc2n[nH]c(=O)n2C(C)C)C1. The minimum Gasteiger partial charge on any atom is -0.468 e. The van der Waals surface area contributed by atoms with Crippen LogP contribution in [0.3, 0.4) is 0 Å². The molecule has 0 spiro atoms. The van der Waals surface area contributed by atoms with Crippen LogP contribution in [0.1, 0.15) is 39.2 Å². The van der Waals surface area contributed by atoms with Crippen LogP contribution in [0, 0.1) is 0 Å². The van der Waals surface area contributed by atoms with E-state index in [-0.39, 0.29) is 23.0 Å². The molecular formula is C12H20N4O3S. The average molecular weight is 300 g/mol. The fourth-order valence-corrected chi connectivity index (χ4v) is 3.92. The Kier molecular flexibility index (Phi) is 4.24. The van der Waals surface area contributed by atoms with Crippen LogP contribution in [-0.4, -0.2) is 38.6 Å². The Hall–Kier alpha value is -1.28. The maximum Gasteiger partial charge on any atom is 0.344 e. The van der Waals surface area contributed by atoms with Crippen molar-refractivity contribution in [3.63, 3.8) is 0 Å². The first kappa shape index (κ1) is 15.1. The molecule has 2 unspecified atom stereocenters. The summed E-state index contributed by atoms with van der Waals surface area (Å²) in [5.41, 5.74) is 4.95. The normalized spacial score (nSPS) is 26.1. The summed E-state index contributed by atoms with van der Waals surface area (Å²) in [5, 5.41) is 7.31. The smallest absolute Gasteiger partial charge is 0.344 e. The van der Waals surface area contributed by atoms with Crippen molar-refractivity contribution in [2.75, 3.05) is 7.11 Å². The van der Waals surface area contributed by atoms with Gasteiger partial charge < -0.3 is 10.5 Å². The van der Waals surface area contributed by atoms with Crippen LogP contribution in [-0.2, 0) is 9.53 Å². The van der Waals surface area contributed by atoms with E-state index in [1.165, 1.54) is 18.9 Å². The number of aromatic amines is 1. The fourth-order valence-electron chi connectivity index (χ4n) is 2.50. The first-order valence-electron chi connectivity index (χ1n) is 6.58. The Balaban J connectivity index is 2.10. The molecule has 1 aliphatic rings. The standard InChI is InChI=1S/C12H20N4O3S/c1-7(2)16-10(18)14-15-11(16)20-8-4-5-12(13,6-8)9(17)19-3/h7-8H,4-6,13H2,1-3H3,(H,14,18). The van der Waals surface area contributed by atoms with E-state index in [0.29, 0.717) is 18.0 Å². The molecule has 0 aliphatic heterocycles. The van der Waals surface area contributed by atoms with Gasteiger partial charge in [0.05, 0.1) is 7.11 Å². The van der Waals surface area contributed by atoms with Crippen molar-refractivity contribution in [3.05, 3.63) is 10.5 Å². The molecule has 3 N–H and O–H groups in total. The Bertz CT molecular complexity index is 553. The monoisotopic (exact) mass is 300 g/mol. The van der Waals surface area contributed by atoms with Crippen molar-refractivity contribution < 1.29 is 9.53 Å². The lowest BCUT2D eigenvalue weighted by atomic mass is 10.00. The molecule has 0 radical (unpaired) electrons. The highest BCUT2D eigenvalue weighted by molar-refractivity contribution is 7.99. The number of nitrogens with one attached hydrogen (secondary N) is 1. The topological polar surface area (TPSA) is 103 Å². The van der Waals surface area contributed by atoms with E-state index in [9.17, 15) is 9.59 Å². The number of hydrogen-bond acceptors (Lipinski definition) is 6. The van der Waals surface area contributed by atoms with Gasteiger partial charge in [-0.2, -0.15) is 0 Å². The van der Waals surface area contributed by atoms with Crippen molar-refractivity contribution in [1.29, 1.82) is 0 Å². The number of ether oxygens (including phenoxy) is 1. The van der Waals surface area contributed by atoms with E-state index in [1.807, 2.05) is 13.8 Å². The van der Waals surface area contributed by atoms with Gasteiger partial charge in [0, 0.05) is 11.3 Å². The quantitative estimate of drug-likeness (QED) is 0.792. The molecular weight excluding hydrogens is 280 g/mol. The first-order chi connectivity index (χ1) is 9.37. The number of hydrogen-bond donors (Lipinski definition) is 2. The molecule has 0 aromatic carbocycles. The van der Waals surface area contributed by atoms with Crippen LogP contribution < -0.4 is 11.4 Å². The van der Waals surface area contributed by atoms with Crippen LogP contribution in [0.4, 0.5) is 0 Å². The summed E-state index contributed by atoms with van der Waals surface area (Å²) in [6, 6.07) is 0.0355. The van der Waals surface area contributed by atoms with Crippen molar-refractivity contribution in [3.8, 4) is 0 Å². The fraction of sp³-hybridized carbons (Fsp3) is 0.750. The van der Waals surface area contributed by atoms with Crippen molar-refractivity contribution in [2.24, 2.45) is 5.73 Å². The molecule has 112 valence electrons. The molecule has 1 aliphatic carbocycles. The zero-order chi connectivity index (χ0) is 14.9. The van der Waals surface area contributed by atoms with Crippen molar-refractivity contribution in [2.45, 2.75) is 55.1 Å². The van der Waals surface area contributed by atoms with Gasteiger partial charge in [0.2, 0.25) is 0 Å². The second-order valence-electron chi connectivity index (χ2n) is 5.41. The summed E-state index contributed by atoms with van der Waals surface area (Å²) in [7, 11) is 1.35. The average Bonchev–Trinajstić information content (AvgIpc) is 2.94. The van der Waals surface area contributed by atoms with Crippen molar-refractivity contribution in [1.82, 2.24) is 14.8 Å². The second kappa shape index (κ2) is 5.61. The Morgan fingerprint density at radius 1 is 1.65 bits per heavy atom. The predicted octanol–water partition coefficient (Wildman–Crippen LogP) is 0.667. The number of rotatable bonds is 4. The number of methoxy groups -OCH3 is 1. The molecule has 0 amide bonds. The third kappa shape index (κ3) is 2.76. The lowest BCUT2D eigenvalue weighted by molar-refractivity contribution is -0.146. The largest absolute Gasteiger partial charge is 0.468 e. The summed E-state index contributed by atoms with van der Waals surface area (Å²) < 4.78 is 6.36. The van der Waals surface area contributed by atoms with Crippen LogP contribution in [0.2, 0.25) is 0 Å². The molecule has 1 aromatic heterocycles. The second-order valence-corrected chi connectivity index (χ2v) is 6.67. The van der Waals surface area contributed by atoms with Gasteiger partial charge in [0.1, 0.15) is 5.54 Å². The summed E-state index contributed by atoms with van der Waals surface area (Å²) in [6.07, 6.45) is 1.92. The predicted molar refractivity (Wildman–Crippen MR) is 75.7 cm³/mol. The maximum absolute atomic E-state index is 11.7. The van der Waals surface area contributed by atoms with E-state index in [2.05, 4.69) is 10.2 Å². The molecule has 0 saturated heterocycles. The third-order valence-corrected chi connectivity index (χ3v) is 4.79. The number of aromatic nitrogens is 3. The highest BCUT2D eigenvalue weighted by Crippen LogP contribution is 2.39. The van der Waals surface area contributed by atoms with Gasteiger partial charge in [-0.3, -0.25) is 9.36 Å². The number of carbonyl (C=O) groups excluding carboxylic acids is 1. The van der Waals surface area contributed by atoms with E-state index in [4.69, 9.17) is 10.5 Å². The Labute approximate surface area is 121 Å². The Morgan fingerprint density at radius 2 is 2.35 bits per heavy atom. The summed E-state index contributed by atoms with van der Waals surface area (Å²) in [6.45, 7) is 3.86. The van der Waals surface area contributed by atoms with Crippen LogP contribution in [0.25, 0.3) is 0 Å². The zero-order valence-corrected chi connectivity index (χ0v) is 12.7. The van der Waals surface area contributed by atoms with Gasteiger partial charge in [-0.15, -0.1) is 5.10 Å². The van der Waals surface area contributed by atoms with Gasteiger partial charge in [-0.05, 0) is 33.1 Å². The molecule has 7 nitrogen and oxygen atoms in total. The maximum atomic E-state index is 11.7. The molecule has 2 rings (SSSR count). The van der Waals surface area contributed by atoms with Gasteiger partial charge in [-0.1, -0.05) is 11.8 Å². The molecule has 20 heavy (non-hydrogen) atoms. The van der Waals surface area contributed by atoms with E-state index in [0.717, 1.165) is 6.42 Å². The van der Waals surface area contributed by atoms with E-state index in [1.54, 1.807) is 4.57 Å². The molecule has 8 heteroatoms. The molecule has 1 saturated carbocycles. The van der Waals surface area contributed by atoms with E-state index >= 15 is 0 Å². The molecule has 2 atom stereocenters. The molecule has 1 aromatic rings. The lowest BCUT2D eigenvalue weighted by Crippen LogP contribution is -2.46. The number of nitrogens with two attached hydrogens (primary N) is 1. The third-order valence-electron chi connectivity index (χ3n) is 3.56. The molecule has 1 heterocycles. The number of H-pyrrole nitrogens is 1. The highest BCUT2D eigenvalue weighted by Gasteiger charge is 2.43. The molecule has 0 bridgehead atoms. The summed E-state index contributed by atoms with van der Waals surface area (Å²) in [4.78, 5) is 23.3. The van der Waals surface area contributed by atoms with Gasteiger partial charge >= 0.3 is 11.7 Å². The summed E-state index contributed by atoms with van der Waals surface area (Å²) in [5.74, 6) is -0.371. The zero-order valence-electron chi connectivity index (χ0n) is 11.9. The van der Waals surface area contributed by atoms with E-state index < -0.39 is 5.54 Å². The van der Waals surface area contributed by atoms with Crippen LogP contribution >= 0.6 is 11.8 Å². The molecule has 1 fully saturated rings. The lowest BCUT2D eigenvalue weighted by Gasteiger charge is -2.20. The number of thioether (sulfide) groups is 1. The van der Waals surface area contributed by atoms with Crippen LogP contribution in [0.5, 0.6) is 0 Å². The summed E-state index contributed by atoms with van der Waals surface area (Å²) >= 11 is 1.49. The van der Waals surface area contributed by atoms with Crippen molar-refractivity contribution >= 4 is 17.7 Å². The minimum atomic E-state index is -0.911. The highest BCUT2D eigenvalue weighted by atomic mass is 32.2. The van der Waals surface area contributed by atoms with Gasteiger partial charge in [0.25, 0.3) is 0 Å². The minimum absolute atomic E-state index is 0.0355. The number of esters is 1. The van der Waals surface area contributed by atoms with Gasteiger partial charge in [-0.25, -0.2) is 9.89 Å². The number of nitrogens with zero attached hydrogens (tertiary/aromatic N) is 2. The number of carbonyl (C=O) groups is 1. The first-order valence-corrected chi connectivity index (χ1v) is 7.46.